The van der Waals surface area contributed by atoms with E-state index in [4.69, 9.17) is 15.9 Å². The standard InChI is InChI=1S/C25H27F2N5O3/c1-12(29)15(10-28)18-9-13(7-8-30-18)31-23(33)21-19-16(25(19,2)3)11-32(21)24(34)14-5-6-17(26)20(27)22(14)35-4/h5-10,16,19,21,28H,11,29H2,1-4H3,(H,30,31,33)/p-1/b15-12+,28-10?/t16-,19-,21-/m0/s1. The molecule has 1 aromatic carbocycles. The van der Waals surface area contributed by atoms with Crippen molar-refractivity contribution >= 4 is 29.3 Å². The number of allylic oxidation sites excluding steroid dienone is 2. The summed E-state index contributed by atoms with van der Waals surface area (Å²) in [6, 6.07) is 4.24. The van der Waals surface area contributed by atoms with Gasteiger partial charge in [-0.3, -0.25) is 14.8 Å². The van der Waals surface area contributed by atoms with Crippen LogP contribution in [0.1, 0.15) is 36.8 Å². The summed E-state index contributed by atoms with van der Waals surface area (Å²) in [4.78, 5) is 23.2. The number of piperidine rings is 1. The molecular weight excluding hydrogens is 456 g/mol. The van der Waals surface area contributed by atoms with Crippen LogP contribution in [0.4, 0.5) is 14.5 Å². The molecule has 3 N–H and O–H groups in total. The van der Waals surface area contributed by atoms with Gasteiger partial charge < -0.3 is 25.9 Å². The highest BCUT2D eigenvalue weighted by Crippen LogP contribution is 2.65. The van der Waals surface area contributed by atoms with Crippen molar-refractivity contribution in [3.8, 4) is 5.75 Å². The van der Waals surface area contributed by atoms with Gasteiger partial charge in [0.05, 0.1) is 30.1 Å². The number of likely N-dealkylation sites (tertiary alicyclic amines) is 1. The minimum absolute atomic E-state index is 0.0761. The summed E-state index contributed by atoms with van der Waals surface area (Å²) in [6.07, 6.45) is 2.54. The van der Waals surface area contributed by atoms with Crippen LogP contribution in [0.2, 0.25) is 0 Å². The second-order valence-corrected chi connectivity index (χ2v) is 9.39. The van der Waals surface area contributed by atoms with Crippen LogP contribution in [0.3, 0.4) is 0 Å². The molecule has 4 rings (SSSR count). The van der Waals surface area contributed by atoms with Crippen LogP contribution >= 0.6 is 0 Å². The molecule has 184 valence electrons. The first-order chi connectivity index (χ1) is 16.5. The molecule has 10 heteroatoms. The summed E-state index contributed by atoms with van der Waals surface area (Å²) < 4.78 is 32.9. The maximum absolute atomic E-state index is 14.3. The molecule has 0 bridgehead atoms. The van der Waals surface area contributed by atoms with Crippen LogP contribution in [0.15, 0.2) is 41.2 Å². The monoisotopic (exact) mass is 482 g/mol. The van der Waals surface area contributed by atoms with E-state index in [9.17, 15) is 18.7 Å². The average Bonchev–Trinajstić information content (AvgIpc) is 3.14. The molecule has 1 aliphatic carbocycles. The highest BCUT2D eigenvalue weighted by atomic mass is 19.2. The number of rotatable bonds is 6. The van der Waals surface area contributed by atoms with E-state index in [1.807, 2.05) is 13.8 Å². The van der Waals surface area contributed by atoms with Crippen molar-refractivity contribution in [1.29, 1.82) is 5.41 Å². The van der Waals surface area contributed by atoms with Gasteiger partial charge in [0.15, 0.2) is 11.6 Å². The predicted octanol–water partition coefficient (Wildman–Crippen LogP) is 2.89. The number of hydrogen-bond acceptors (Lipinski definition) is 7. The largest absolute Gasteiger partial charge is 0.860 e. The van der Waals surface area contributed by atoms with Crippen LogP contribution in [0.5, 0.6) is 5.75 Å². The molecule has 2 aliphatic rings. The van der Waals surface area contributed by atoms with Gasteiger partial charge in [-0.25, -0.2) is 4.39 Å². The summed E-state index contributed by atoms with van der Waals surface area (Å²) in [5, 5.41) is 21.0. The number of aromatic nitrogens is 1. The van der Waals surface area contributed by atoms with Crippen LogP contribution in [0, 0.1) is 34.3 Å². The Bertz CT molecular complexity index is 1270. The van der Waals surface area contributed by atoms with Gasteiger partial charge in [-0.15, -0.1) is 0 Å². The van der Waals surface area contributed by atoms with Gasteiger partial charge in [0, 0.05) is 30.2 Å². The smallest absolute Gasteiger partial charge is 0.258 e. The SMILES string of the molecule is COc1c(C(=O)N2C[C@H]3[C@@H]([C@H]2C([O-])=Nc2ccnc(/C(C=N)=C(\C)N)c2)C3(C)C)ccc(F)c1F. The van der Waals surface area contributed by atoms with Gasteiger partial charge >= 0.3 is 0 Å². The summed E-state index contributed by atoms with van der Waals surface area (Å²) in [7, 11) is 1.15. The quantitative estimate of drug-likeness (QED) is 0.483. The molecule has 0 spiro atoms. The molecule has 2 aromatic rings. The number of fused-ring (bicyclic) bond motifs is 1. The molecule has 0 radical (unpaired) electrons. The molecule has 2 fully saturated rings. The Morgan fingerprint density at radius 1 is 1.37 bits per heavy atom. The van der Waals surface area contributed by atoms with E-state index in [0.717, 1.165) is 25.5 Å². The van der Waals surface area contributed by atoms with Crippen LogP contribution in [0.25, 0.3) is 5.57 Å². The first-order valence-corrected chi connectivity index (χ1v) is 11.0. The van der Waals surface area contributed by atoms with Crippen molar-refractivity contribution in [2.75, 3.05) is 13.7 Å². The number of benzene rings is 1. The van der Waals surface area contributed by atoms with Gasteiger partial charge in [0.25, 0.3) is 5.91 Å². The zero-order valence-electron chi connectivity index (χ0n) is 19.8. The van der Waals surface area contributed by atoms with E-state index in [2.05, 4.69) is 9.98 Å². The summed E-state index contributed by atoms with van der Waals surface area (Å²) in [6.45, 7) is 5.98. The Morgan fingerprint density at radius 3 is 2.71 bits per heavy atom. The number of halogens is 2. The van der Waals surface area contributed by atoms with E-state index in [1.54, 1.807) is 19.1 Å². The molecule has 2 heterocycles. The number of amides is 1. The van der Waals surface area contributed by atoms with Crippen molar-refractivity contribution in [3.63, 3.8) is 0 Å². The van der Waals surface area contributed by atoms with E-state index in [1.165, 1.54) is 11.1 Å². The number of nitrogens with two attached hydrogens (primary N) is 1. The van der Waals surface area contributed by atoms with Crippen LogP contribution in [-0.2, 0) is 0 Å². The van der Waals surface area contributed by atoms with Gasteiger partial charge in [-0.05, 0) is 54.3 Å². The normalized spacial score (nSPS) is 23.4. The van der Waals surface area contributed by atoms with Gasteiger partial charge in [-0.2, -0.15) is 4.39 Å². The zero-order chi connectivity index (χ0) is 25.7. The lowest BCUT2D eigenvalue weighted by Gasteiger charge is -2.34. The van der Waals surface area contributed by atoms with E-state index in [0.29, 0.717) is 29.2 Å². The highest BCUT2D eigenvalue weighted by Gasteiger charge is 2.67. The molecular formula is C25H26F2N5O3-. The molecule has 1 amide bonds. The van der Waals surface area contributed by atoms with Crippen molar-refractivity contribution < 1.29 is 23.4 Å². The number of carbonyl (C=O) groups excluding carboxylic acids is 1. The second-order valence-electron chi connectivity index (χ2n) is 9.39. The number of pyridine rings is 1. The predicted molar refractivity (Wildman–Crippen MR) is 125 cm³/mol. The molecule has 1 saturated carbocycles. The summed E-state index contributed by atoms with van der Waals surface area (Å²) in [5.74, 6) is -4.09. The Labute approximate surface area is 201 Å². The summed E-state index contributed by atoms with van der Waals surface area (Å²) in [5.41, 5.74) is 6.99. The Kier molecular flexibility index (Phi) is 6.08. The number of carbonyl (C=O) groups is 1. The lowest BCUT2D eigenvalue weighted by Crippen LogP contribution is -2.49. The number of aliphatic imine (C=N–C) groups is 1. The number of methoxy groups -OCH3 is 1. The van der Waals surface area contributed by atoms with Crippen molar-refractivity contribution in [3.05, 3.63) is 59.1 Å². The number of hydrogen-bond donors (Lipinski definition) is 2. The third kappa shape index (κ3) is 4.02. The minimum atomic E-state index is -1.26. The fraction of sp³-hybridized carbons (Fsp3) is 0.360. The lowest BCUT2D eigenvalue weighted by atomic mass is 9.99. The van der Waals surface area contributed by atoms with E-state index >= 15 is 0 Å². The van der Waals surface area contributed by atoms with Crippen molar-refractivity contribution in [2.45, 2.75) is 26.8 Å². The lowest BCUT2D eigenvalue weighted by molar-refractivity contribution is -0.224. The van der Waals surface area contributed by atoms with Gasteiger partial charge in [0.2, 0.25) is 5.82 Å². The number of nitrogens with zero attached hydrogens (tertiary/aromatic N) is 3. The molecule has 3 atom stereocenters. The zero-order valence-corrected chi connectivity index (χ0v) is 19.8. The van der Waals surface area contributed by atoms with Crippen molar-refractivity contribution in [2.24, 2.45) is 28.0 Å². The number of ether oxygens (including phenoxy) is 1. The number of nitrogens with one attached hydrogen (secondary N) is 1. The van der Waals surface area contributed by atoms with Crippen LogP contribution < -0.4 is 15.6 Å². The first-order valence-electron chi connectivity index (χ1n) is 11.0. The van der Waals surface area contributed by atoms with Gasteiger partial charge in [0.1, 0.15) is 0 Å². The highest BCUT2D eigenvalue weighted by molar-refractivity contribution is 6.08. The van der Waals surface area contributed by atoms with E-state index < -0.39 is 35.2 Å². The average molecular weight is 483 g/mol. The Morgan fingerprint density at radius 2 is 2.09 bits per heavy atom. The second kappa shape index (κ2) is 8.75. The fourth-order valence-corrected chi connectivity index (χ4v) is 5.05. The molecule has 0 unspecified atom stereocenters. The maximum atomic E-state index is 14.3. The van der Waals surface area contributed by atoms with Gasteiger partial charge in [-0.1, -0.05) is 13.8 Å². The minimum Gasteiger partial charge on any atom is -0.860 e. The van der Waals surface area contributed by atoms with Crippen LogP contribution in [-0.4, -0.2) is 47.6 Å². The molecule has 35 heavy (non-hydrogen) atoms. The summed E-state index contributed by atoms with van der Waals surface area (Å²) >= 11 is 0. The third-order valence-electron chi connectivity index (χ3n) is 7.03. The fourth-order valence-electron chi connectivity index (χ4n) is 5.05. The Balaban J connectivity index is 1.72. The molecule has 8 nitrogen and oxygen atoms in total. The Hall–Kier alpha value is -3.82. The molecule has 1 aliphatic heterocycles. The third-order valence-corrected chi connectivity index (χ3v) is 7.03. The molecule has 1 saturated heterocycles. The topological polar surface area (TPSA) is 128 Å². The van der Waals surface area contributed by atoms with E-state index in [-0.39, 0.29) is 22.8 Å². The molecule has 1 aromatic heterocycles. The van der Waals surface area contributed by atoms with Crippen molar-refractivity contribution in [1.82, 2.24) is 9.88 Å². The maximum Gasteiger partial charge on any atom is 0.258 e. The first kappa shape index (κ1) is 24.3.